The van der Waals surface area contributed by atoms with E-state index in [2.05, 4.69) is 16.0 Å². The minimum Gasteiger partial charge on any atom is -0.323 e. The molecule has 0 aliphatic heterocycles. The molecule has 0 aliphatic rings. The molecule has 0 aromatic carbocycles. The maximum Gasteiger partial charge on any atom is 0 e. The summed E-state index contributed by atoms with van der Waals surface area (Å²) in [6.45, 7) is 0. The fourth-order valence-electron chi connectivity index (χ4n) is 0. The molecule has 3 N–H and O–H groups in total. The van der Waals surface area contributed by atoms with Crippen LogP contribution in [0.25, 0.3) is 0 Å². The van der Waals surface area contributed by atoms with E-state index in [9.17, 15) is 0 Å². The van der Waals surface area contributed by atoms with Crippen LogP contribution in [0.3, 0.4) is 0 Å². The van der Waals surface area contributed by atoms with Crippen molar-refractivity contribution in [1.82, 2.24) is 16.0 Å². The molecule has 0 saturated carbocycles. The Balaban J connectivity index is -0.0000000257. The first-order valence-corrected chi connectivity index (χ1v) is 3.00. The van der Waals surface area contributed by atoms with Crippen LogP contribution in [0, 0.1) is 0 Å². The molecule has 0 rings (SSSR count). The molecule has 0 amide bonds. The smallest absolute Gasteiger partial charge is 0 e. The van der Waals surface area contributed by atoms with Gasteiger partial charge in [0.15, 0.2) is 0 Å². The van der Waals surface area contributed by atoms with E-state index in [0.29, 0.717) is 0 Å². The summed E-state index contributed by atoms with van der Waals surface area (Å²) in [4.78, 5) is 0. The molecule has 0 unspecified atom stereocenters. The van der Waals surface area contributed by atoms with Gasteiger partial charge in [0.1, 0.15) is 0 Å². The Morgan fingerprint density at radius 3 is 0.500 bits per heavy atom. The van der Waals surface area contributed by atoms with E-state index in [1.807, 2.05) is 42.3 Å². The summed E-state index contributed by atoms with van der Waals surface area (Å²) >= 11 is 0. The molecule has 0 aromatic rings. The van der Waals surface area contributed by atoms with Crippen molar-refractivity contribution in [3.8, 4) is 0 Å². The van der Waals surface area contributed by atoms with Crippen molar-refractivity contribution >= 4 is 25.8 Å². The third-order valence-electron chi connectivity index (χ3n) is 0. The molecule has 0 heterocycles. The van der Waals surface area contributed by atoms with Crippen LogP contribution in [-0.2, 0) is 0 Å². The molecule has 3 nitrogen and oxygen atoms in total. The van der Waals surface area contributed by atoms with Crippen LogP contribution in [0.5, 0.6) is 0 Å². The SMILES string of the molecule is CNC.CNC.CNC.[In]. The predicted molar refractivity (Wildman–Crippen MR) is 50.7 cm³/mol. The van der Waals surface area contributed by atoms with Gasteiger partial charge in [-0.15, -0.1) is 0 Å². The van der Waals surface area contributed by atoms with Gasteiger partial charge in [-0.2, -0.15) is 0 Å². The van der Waals surface area contributed by atoms with E-state index in [-0.39, 0.29) is 25.8 Å². The monoisotopic (exact) mass is 250 g/mol. The molecule has 0 aliphatic carbocycles. The van der Waals surface area contributed by atoms with Crippen LogP contribution in [0.4, 0.5) is 0 Å². The number of rotatable bonds is 0. The summed E-state index contributed by atoms with van der Waals surface area (Å²) in [5.41, 5.74) is 0. The van der Waals surface area contributed by atoms with Gasteiger partial charge in [0, 0.05) is 25.8 Å². The molecule has 0 atom stereocenters. The number of hydrogen-bond acceptors (Lipinski definition) is 3. The average Bonchev–Trinajstić information content (AvgIpc) is 1.70. The zero-order valence-electron chi connectivity index (χ0n) is 8.08. The number of hydrogen-bond donors (Lipinski definition) is 3. The summed E-state index contributed by atoms with van der Waals surface area (Å²) in [7, 11) is 11.2. The summed E-state index contributed by atoms with van der Waals surface area (Å²) in [5.74, 6) is 0. The maximum atomic E-state index is 2.75. The topological polar surface area (TPSA) is 36.1 Å². The van der Waals surface area contributed by atoms with Gasteiger partial charge in [0.25, 0.3) is 0 Å². The van der Waals surface area contributed by atoms with Crippen LogP contribution in [-0.4, -0.2) is 68.1 Å². The predicted octanol–water partition coefficient (Wildman–Crippen LogP) is -0.874. The largest absolute Gasteiger partial charge is 0.323 e. The Morgan fingerprint density at radius 1 is 0.500 bits per heavy atom. The van der Waals surface area contributed by atoms with Crippen LogP contribution >= 0.6 is 0 Å². The fourth-order valence-corrected chi connectivity index (χ4v) is 0. The van der Waals surface area contributed by atoms with Crippen LogP contribution < -0.4 is 16.0 Å². The first kappa shape index (κ1) is 22.4. The van der Waals surface area contributed by atoms with E-state index in [4.69, 9.17) is 0 Å². The number of nitrogens with one attached hydrogen (secondary N) is 3. The van der Waals surface area contributed by atoms with Gasteiger partial charge in [-0.25, -0.2) is 0 Å². The van der Waals surface area contributed by atoms with Gasteiger partial charge >= 0.3 is 0 Å². The normalized spacial score (nSPS) is 5.40. The van der Waals surface area contributed by atoms with E-state index in [1.165, 1.54) is 0 Å². The first-order valence-electron chi connectivity index (χ1n) is 3.00. The summed E-state index contributed by atoms with van der Waals surface area (Å²) < 4.78 is 0. The van der Waals surface area contributed by atoms with Crippen molar-refractivity contribution in [3.63, 3.8) is 0 Å². The van der Waals surface area contributed by atoms with Gasteiger partial charge in [0.05, 0.1) is 0 Å². The Morgan fingerprint density at radius 2 is 0.500 bits per heavy atom. The Bertz CT molecular complexity index is 17.7. The molecular weight excluding hydrogens is 229 g/mol. The molecule has 0 fully saturated rings. The minimum atomic E-state index is 0. The Kier molecular flexibility index (Phi) is 119. The van der Waals surface area contributed by atoms with Crippen molar-refractivity contribution < 1.29 is 0 Å². The van der Waals surface area contributed by atoms with Crippen LogP contribution in [0.1, 0.15) is 0 Å². The Hall–Kier alpha value is 0.750. The van der Waals surface area contributed by atoms with Gasteiger partial charge in [-0.3, -0.25) is 0 Å². The second-order valence-electron chi connectivity index (χ2n) is 1.50. The van der Waals surface area contributed by atoms with E-state index < -0.39 is 0 Å². The molecule has 0 aromatic heterocycles. The summed E-state index contributed by atoms with van der Waals surface area (Å²) in [6.07, 6.45) is 0. The quantitative estimate of drug-likeness (QED) is 0.523. The second kappa shape index (κ2) is 53.1. The average molecular weight is 250 g/mol. The minimum absolute atomic E-state index is 0. The van der Waals surface area contributed by atoms with Gasteiger partial charge in [-0.1, -0.05) is 0 Å². The molecule has 0 saturated heterocycles. The molecular formula is C6H21InN3. The maximum absolute atomic E-state index is 2.75. The van der Waals surface area contributed by atoms with Crippen molar-refractivity contribution in [2.75, 3.05) is 42.3 Å². The van der Waals surface area contributed by atoms with Gasteiger partial charge in [-0.05, 0) is 42.3 Å². The van der Waals surface area contributed by atoms with Crippen molar-refractivity contribution in [3.05, 3.63) is 0 Å². The Labute approximate surface area is 84.1 Å². The van der Waals surface area contributed by atoms with E-state index >= 15 is 0 Å². The van der Waals surface area contributed by atoms with Crippen molar-refractivity contribution in [1.29, 1.82) is 0 Å². The van der Waals surface area contributed by atoms with E-state index in [0.717, 1.165) is 0 Å². The summed E-state index contributed by atoms with van der Waals surface area (Å²) in [6, 6.07) is 0. The van der Waals surface area contributed by atoms with Crippen molar-refractivity contribution in [2.45, 2.75) is 0 Å². The zero-order valence-corrected chi connectivity index (χ0v) is 11.4. The molecule has 0 bridgehead atoms. The van der Waals surface area contributed by atoms with Crippen LogP contribution in [0.2, 0.25) is 0 Å². The zero-order chi connectivity index (χ0) is 8.12. The molecule has 0 spiro atoms. The third kappa shape index (κ3) is 934. The van der Waals surface area contributed by atoms with Crippen LogP contribution in [0.15, 0.2) is 0 Å². The first-order chi connectivity index (χ1) is 4.24. The fraction of sp³-hybridized carbons (Fsp3) is 1.00. The molecule has 10 heavy (non-hydrogen) atoms. The summed E-state index contributed by atoms with van der Waals surface area (Å²) in [5, 5.41) is 8.25. The van der Waals surface area contributed by atoms with E-state index in [1.54, 1.807) is 0 Å². The van der Waals surface area contributed by atoms with Gasteiger partial charge in [0.2, 0.25) is 0 Å². The van der Waals surface area contributed by atoms with Crippen molar-refractivity contribution in [2.24, 2.45) is 0 Å². The van der Waals surface area contributed by atoms with Gasteiger partial charge < -0.3 is 16.0 Å². The molecule has 4 heteroatoms. The molecule has 63 valence electrons. The third-order valence-corrected chi connectivity index (χ3v) is 0. The standard InChI is InChI=1S/3C2H7N.In/c3*1-3-2;/h3*3H,1-2H3;. The molecule has 3 radical (unpaired) electrons. The second-order valence-corrected chi connectivity index (χ2v) is 1.50.